The SMILES string of the molecule is CCOCc1nc(Cl)cc(NCc2ccc(C)nc2)n1. The number of nitrogens with zero attached hydrogens (tertiary/aromatic N) is 3. The number of aromatic nitrogens is 3. The van der Waals surface area contributed by atoms with E-state index >= 15 is 0 Å². The van der Waals surface area contributed by atoms with Crippen LogP contribution in [0.25, 0.3) is 0 Å². The summed E-state index contributed by atoms with van der Waals surface area (Å²) in [5.74, 6) is 1.25. The predicted octanol–water partition coefficient (Wildman–Crippen LogP) is 2.98. The predicted molar refractivity (Wildman–Crippen MR) is 78.7 cm³/mol. The Kier molecular flexibility index (Phi) is 5.26. The summed E-state index contributed by atoms with van der Waals surface area (Å²) in [4.78, 5) is 12.7. The van der Waals surface area contributed by atoms with Gasteiger partial charge in [-0.05, 0) is 25.5 Å². The molecule has 0 atom stereocenters. The Morgan fingerprint density at radius 1 is 1.30 bits per heavy atom. The van der Waals surface area contributed by atoms with Gasteiger partial charge in [-0.3, -0.25) is 4.98 Å². The molecule has 2 aromatic rings. The average Bonchev–Trinajstić information content (AvgIpc) is 2.44. The average molecular weight is 293 g/mol. The molecule has 2 aromatic heterocycles. The molecule has 0 aliphatic rings. The van der Waals surface area contributed by atoms with Gasteiger partial charge in [-0.25, -0.2) is 9.97 Å². The molecular formula is C14H17ClN4O. The second-order valence-corrected chi connectivity index (χ2v) is 4.68. The van der Waals surface area contributed by atoms with Crippen molar-refractivity contribution in [2.24, 2.45) is 0 Å². The summed E-state index contributed by atoms with van der Waals surface area (Å²) in [6.07, 6.45) is 1.84. The lowest BCUT2D eigenvalue weighted by molar-refractivity contribution is 0.128. The highest BCUT2D eigenvalue weighted by Gasteiger charge is 2.03. The molecule has 106 valence electrons. The van der Waals surface area contributed by atoms with Gasteiger partial charge in [0.1, 0.15) is 17.6 Å². The van der Waals surface area contributed by atoms with E-state index in [0.717, 1.165) is 11.3 Å². The van der Waals surface area contributed by atoms with Gasteiger partial charge in [-0.2, -0.15) is 0 Å². The van der Waals surface area contributed by atoms with Crippen molar-refractivity contribution >= 4 is 17.4 Å². The Morgan fingerprint density at radius 2 is 2.15 bits per heavy atom. The van der Waals surface area contributed by atoms with E-state index in [0.29, 0.717) is 36.6 Å². The maximum atomic E-state index is 5.97. The van der Waals surface area contributed by atoms with Crippen molar-refractivity contribution < 1.29 is 4.74 Å². The van der Waals surface area contributed by atoms with E-state index in [4.69, 9.17) is 16.3 Å². The Bertz CT molecular complexity index is 560. The zero-order valence-electron chi connectivity index (χ0n) is 11.6. The van der Waals surface area contributed by atoms with E-state index < -0.39 is 0 Å². The maximum absolute atomic E-state index is 5.97. The molecule has 0 saturated heterocycles. The first-order valence-corrected chi connectivity index (χ1v) is 6.82. The van der Waals surface area contributed by atoms with Gasteiger partial charge in [0.05, 0.1) is 0 Å². The molecule has 0 aromatic carbocycles. The molecule has 20 heavy (non-hydrogen) atoms. The van der Waals surface area contributed by atoms with Crippen LogP contribution < -0.4 is 5.32 Å². The number of halogens is 1. The standard InChI is InChI=1S/C14H17ClN4O/c1-3-20-9-14-18-12(15)6-13(19-14)17-8-11-5-4-10(2)16-7-11/h4-7H,3,8-9H2,1-2H3,(H,17,18,19). The third-order valence-electron chi connectivity index (χ3n) is 2.62. The number of nitrogens with one attached hydrogen (secondary N) is 1. The fraction of sp³-hybridized carbons (Fsp3) is 0.357. The Hall–Kier alpha value is -1.72. The van der Waals surface area contributed by atoms with Crippen molar-refractivity contribution in [1.29, 1.82) is 0 Å². The summed E-state index contributed by atoms with van der Waals surface area (Å²) in [5.41, 5.74) is 2.08. The number of rotatable bonds is 6. The summed E-state index contributed by atoms with van der Waals surface area (Å²) in [6.45, 7) is 5.50. The van der Waals surface area contributed by atoms with Gasteiger partial charge < -0.3 is 10.1 Å². The van der Waals surface area contributed by atoms with Gasteiger partial charge in [0.15, 0.2) is 5.82 Å². The van der Waals surface area contributed by atoms with E-state index in [9.17, 15) is 0 Å². The van der Waals surface area contributed by atoms with Crippen LogP contribution in [0.3, 0.4) is 0 Å². The molecule has 0 saturated carbocycles. The van der Waals surface area contributed by atoms with Crippen LogP contribution >= 0.6 is 11.6 Å². The fourth-order valence-corrected chi connectivity index (χ4v) is 1.81. The van der Waals surface area contributed by atoms with Crippen LogP contribution in [0, 0.1) is 6.92 Å². The van der Waals surface area contributed by atoms with Crippen LogP contribution in [-0.2, 0) is 17.9 Å². The van der Waals surface area contributed by atoms with E-state index in [1.807, 2.05) is 32.2 Å². The fourth-order valence-electron chi connectivity index (χ4n) is 1.61. The highest BCUT2D eigenvalue weighted by atomic mass is 35.5. The van der Waals surface area contributed by atoms with Crippen molar-refractivity contribution in [3.63, 3.8) is 0 Å². The van der Waals surface area contributed by atoms with Crippen LogP contribution in [0.1, 0.15) is 24.0 Å². The van der Waals surface area contributed by atoms with Crippen molar-refractivity contribution in [3.8, 4) is 0 Å². The van der Waals surface area contributed by atoms with Gasteiger partial charge >= 0.3 is 0 Å². The molecule has 0 unspecified atom stereocenters. The molecule has 0 aliphatic heterocycles. The third kappa shape index (κ3) is 4.43. The smallest absolute Gasteiger partial charge is 0.158 e. The number of aryl methyl sites for hydroxylation is 1. The topological polar surface area (TPSA) is 59.9 Å². The lowest BCUT2D eigenvalue weighted by atomic mass is 10.2. The molecule has 2 heterocycles. The van der Waals surface area contributed by atoms with Gasteiger partial charge in [0.2, 0.25) is 0 Å². The number of anilines is 1. The summed E-state index contributed by atoms with van der Waals surface area (Å²) < 4.78 is 5.28. The van der Waals surface area contributed by atoms with Crippen LogP contribution in [-0.4, -0.2) is 21.6 Å². The Morgan fingerprint density at radius 3 is 2.85 bits per heavy atom. The summed E-state index contributed by atoms with van der Waals surface area (Å²) in [6, 6.07) is 5.70. The summed E-state index contributed by atoms with van der Waals surface area (Å²) in [7, 11) is 0. The highest BCUT2D eigenvalue weighted by molar-refractivity contribution is 6.29. The van der Waals surface area contributed by atoms with E-state index in [2.05, 4.69) is 20.3 Å². The number of hydrogen-bond donors (Lipinski definition) is 1. The second-order valence-electron chi connectivity index (χ2n) is 4.29. The molecule has 0 bridgehead atoms. The Labute approximate surface area is 123 Å². The van der Waals surface area contributed by atoms with Crippen LogP contribution in [0.2, 0.25) is 5.15 Å². The second kappa shape index (κ2) is 7.17. The number of hydrogen-bond acceptors (Lipinski definition) is 5. The first kappa shape index (κ1) is 14.7. The van der Waals surface area contributed by atoms with Gasteiger partial charge in [0, 0.05) is 31.1 Å². The monoisotopic (exact) mass is 292 g/mol. The normalized spacial score (nSPS) is 10.6. The van der Waals surface area contributed by atoms with Gasteiger partial charge in [0.25, 0.3) is 0 Å². The van der Waals surface area contributed by atoms with Crippen molar-refractivity contribution in [2.45, 2.75) is 27.0 Å². The lowest BCUT2D eigenvalue weighted by Gasteiger charge is -2.08. The molecule has 6 heteroatoms. The minimum absolute atomic E-state index is 0.359. The first-order valence-electron chi connectivity index (χ1n) is 6.44. The van der Waals surface area contributed by atoms with Crippen LogP contribution in [0.4, 0.5) is 5.82 Å². The van der Waals surface area contributed by atoms with E-state index in [1.165, 1.54) is 0 Å². The largest absolute Gasteiger partial charge is 0.374 e. The van der Waals surface area contributed by atoms with Gasteiger partial charge in [-0.15, -0.1) is 0 Å². The van der Waals surface area contributed by atoms with E-state index in [1.54, 1.807) is 6.07 Å². The summed E-state index contributed by atoms with van der Waals surface area (Å²) >= 11 is 5.97. The number of ether oxygens (including phenoxy) is 1. The van der Waals surface area contributed by atoms with Crippen LogP contribution in [0.15, 0.2) is 24.4 Å². The molecule has 0 aliphatic carbocycles. The molecular weight excluding hydrogens is 276 g/mol. The zero-order chi connectivity index (χ0) is 14.4. The van der Waals surface area contributed by atoms with Crippen molar-refractivity contribution in [1.82, 2.24) is 15.0 Å². The van der Waals surface area contributed by atoms with Crippen molar-refractivity contribution in [2.75, 3.05) is 11.9 Å². The molecule has 5 nitrogen and oxygen atoms in total. The summed E-state index contributed by atoms with van der Waals surface area (Å²) in [5, 5.41) is 3.61. The van der Waals surface area contributed by atoms with Gasteiger partial charge in [-0.1, -0.05) is 17.7 Å². The third-order valence-corrected chi connectivity index (χ3v) is 2.82. The molecule has 0 fully saturated rings. The molecule has 0 spiro atoms. The highest BCUT2D eigenvalue weighted by Crippen LogP contribution is 2.13. The minimum atomic E-state index is 0.359. The van der Waals surface area contributed by atoms with Crippen molar-refractivity contribution in [3.05, 3.63) is 46.6 Å². The Balaban J connectivity index is 2.01. The van der Waals surface area contributed by atoms with Crippen LogP contribution in [0.5, 0.6) is 0 Å². The molecule has 2 rings (SSSR count). The molecule has 0 amide bonds. The molecule has 1 N–H and O–H groups in total. The first-order chi connectivity index (χ1) is 9.67. The quantitative estimate of drug-likeness (QED) is 0.830. The molecule has 0 radical (unpaired) electrons. The lowest BCUT2D eigenvalue weighted by Crippen LogP contribution is -2.06. The maximum Gasteiger partial charge on any atom is 0.158 e. The number of pyridine rings is 1. The van der Waals surface area contributed by atoms with E-state index in [-0.39, 0.29) is 0 Å². The minimum Gasteiger partial charge on any atom is -0.374 e. The zero-order valence-corrected chi connectivity index (χ0v) is 12.3.